The number of amides is 1. The molecule has 1 aromatic heterocycles. The second-order valence-electron chi connectivity index (χ2n) is 5.46. The lowest BCUT2D eigenvalue weighted by atomic mass is 10.1. The van der Waals surface area contributed by atoms with Crippen molar-refractivity contribution in [2.45, 2.75) is 13.8 Å². The van der Waals surface area contributed by atoms with Crippen molar-refractivity contribution in [3.63, 3.8) is 0 Å². The number of carbonyl (C=O) groups is 2. The summed E-state index contributed by atoms with van der Waals surface area (Å²) in [5.74, 6) is -0.390. The second-order valence-corrected chi connectivity index (χ2v) is 5.46. The zero-order valence-electron chi connectivity index (χ0n) is 13.8. The fourth-order valence-corrected chi connectivity index (χ4v) is 2.52. The average Bonchev–Trinajstić information content (AvgIpc) is 2.91. The fourth-order valence-electron chi connectivity index (χ4n) is 2.52. The molecule has 6 heteroatoms. The van der Waals surface area contributed by atoms with Gasteiger partial charge in [0.1, 0.15) is 11.3 Å². The van der Waals surface area contributed by atoms with Crippen molar-refractivity contribution >= 4 is 28.3 Å². The molecule has 0 aliphatic carbocycles. The molecule has 0 spiro atoms. The molecule has 0 aliphatic rings. The van der Waals surface area contributed by atoms with Gasteiger partial charge in [0.05, 0.1) is 12.0 Å². The molecular formula is C19H17NO5. The van der Waals surface area contributed by atoms with Crippen molar-refractivity contribution in [2.75, 3.05) is 11.9 Å². The average molecular weight is 339 g/mol. The highest BCUT2D eigenvalue weighted by Gasteiger charge is 2.22. The van der Waals surface area contributed by atoms with E-state index in [-0.39, 0.29) is 17.4 Å². The molecule has 2 aromatic carbocycles. The minimum absolute atomic E-state index is 0.140. The normalized spacial score (nSPS) is 10.6. The SMILES string of the molecule is CCOc1ccc(C(=O)c2oc3ccc(NC(C)=O)cc3c2O)cc1. The van der Waals surface area contributed by atoms with Gasteiger partial charge in [-0.05, 0) is 49.4 Å². The highest BCUT2D eigenvalue weighted by atomic mass is 16.5. The third-order valence-electron chi connectivity index (χ3n) is 3.62. The first kappa shape index (κ1) is 16.6. The minimum atomic E-state index is -0.433. The highest BCUT2D eigenvalue weighted by Crippen LogP contribution is 2.35. The van der Waals surface area contributed by atoms with Crippen LogP contribution >= 0.6 is 0 Å². The first-order valence-corrected chi connectivity index (χ1v) is 7.80. The van der Waals surface area contributed by atoms with Crippen LogP contribution in [0.2, 0.25) is 0 Å². The Balaban J connectivity index is 1.95. The van der Waals surface area contributed by atoms with E-state index in [2.05, 4.69) is 5.32 Å². The number of benzene rings is 2. The molecule has 25 heavy (non-hydrogen) atoms. The Kier molecular flexibility index (Phi) is 4.43. The molecule has 0 atom stereocenters. The first-order chi connectivity index (χ1) is 12.0. The molecule has 3 aromatic rings. The summed E-state index contributed by atoms with van der Waals surface area (Å²) < 4.78 is 10.9. The summed E-state index contributed by atoms with van der Waals surface area (Å²) in [4.78, 5) is 23.7. The predicted molar refractivity (Wildman–Crippen MR) is 93.2 cm³/mol. The van der Waals surface area contributed by atoms with Gasteiger partial charge in [-0.25, -0.2) is 0 Å². The van der Waals surface area contributed by atoms with Crippen LogP contribution in [0.4, 0.5) is 5.69 Å². The standard InChI is InChI=1S/C19H17NO5/c1-3-24-14-7-4-12(5-8-14)17(22)19-18(23)15-10-13(20-11(2)21)6-9-16(15)25-19/h4-10,23H,3H2,1-2H3,(H,20,21). The van der Waals surface area contributed by atoms with Gasteiger partial charge in [0, 0.05) is 18.2 Å². The number of ketones is 1. The fraction of sp³-hybridized carbons (Fsp3) is 0.158. The number of anilines is 1. The van der Waals surface area contributed by atoms with Gasteiger partial charge < -0.3 is 19.6 Å². The third-order valence-corrected chi connectivity index (χ3v) is 3.62. The number of hydrogen-bond acceptors (Lipinski definition) is 5. The molecule has 0 aliphatic heterocycles. The Morgan fingerprint density at radius 1 is 1.16 bits per heavy atom. The molecular weight excluding hydrogens is 322 g/mol. The van der Waals surface area contributed by atoms with E-state index in [1.54, 1.807) is 42.5 Å². The van der Waals surface area contributed by atoms with Crippen LogP contribution in [0.5, 0.6) is 11.5 Å². The molecule has 1 amide bonds. The summed E-state index contributed by atoms with van der Waals surface area (Å²) in [7, 11) is 0. The van der Waals surface area contributed by atoms with Crippen molar-refractivity contribution in [2.24, 2.45) is 0 Å². The number of ether oxygens (including phenoxy) is 1. The van der Waals surface area contributed by atoms with Crippen LogP contribution in [-0.2, 0) is 4.79 Å². The molecule has 0 saturated carbocycles. The Morgan fingerprint density at radius 3 is 2.52 bits per heavy atom. The lowest BCUT2D eigenvalue weighted by Crippen LogP contribution is -2.05. The van der Waals surface area contributed by atoms with Crippen molar-refractivity contribution in [3.05, 3.63) is 53.8 Å². The van der Waals surface area contributed by atoms with E-state index in [1.807, 2.05) is 6.92 Å². The smallest absolute Gasteiger partial charge is 0.232 e. The molecule has 0 radical (unpaired) electrons. The first-order valence-electron chi connectivity index (χ1n) is 7.80. The third kappa shape index (κ3) is 3.33. The van der Waals surface area contributed by atoms with Crippen LogP contribution < -0.4 is 10.1 Å². The number of fused-ring (bicyclic) bond motifs is 1. The summed E-state index contributed by atoms with van der Waals surface area (Å²) in [6, 6.07) is 11.4. The Hall–Kier alpha value is -3.28. The van der Waals surface area contributed by atoms with Crippen LogP contribution in [0.15, 0.2) is 46.9 Å². The van der Waals surface area contributed by atoms with Crippen molar-refractivity contribution in [1.29, 1.82) is 0 Å². The summed E-state index contributed by atoms with van der Waals surface area (Å²) in [5.41, 5.74) is 1.25. The largest absolute Gasteiger partial charge is 0.504 e. The molecule has 3 rings (SSSR count). The van der Waals surface area contributed by atoms with E-state index in [4.69, 9.17) is 9.15 Å². The monoisotopic (exact) mass is 339 g/mol. The van der Waals surface area contributed by atoms with Crippen LogP contribution in [0.25, 0.3) is 11.0 Å². The molecule has 2 N–H and O–H groups in total. The number of aromatic hydroxyl groups is 1. The van der Waals surface area contributed by atoms with E-state index in [9.17, 15) is 14.7 Å². The van der Waals surface area contributed by atoms with E-state index in [1.165, 1.54) is 6.92 Å². The highest BCUT2D eigenvalue weighted by molar-refractivity contribution is 6.12. The minimum Gasteiger partial charge on any atom is -0.504 e. The molecule has 128 valence electrons. The lowest BCUT2D eigenvalue weighted by molar-refractivity contribution is -0.114. The molecule has 0 unspecified atom stereocenters. The quantitative estimate of drug-likeness (QED) is 0.692. The number of rotatable bonds is 5. The van der Waals surface area contributed by atoms with E-state index in [0.29, 0.717) is 34.6 Å². The summed E-state index contributed by atoms with van der Waals surface area (Å²) in [5, 5.41) is 13.4. The maximum atomic E-state index is 12.6. The van der Waals surface area contributed by atoms with Gasteiger partial charge in [0.15, 0.2) is 5.75 Å². The maximum absolute atomic E-state index is 12.6. The Bertz CT molecular complexity index is 940. The summed E-state index contributed by atoms with van der Waals surface area (Å²) >= 11 is 0. The van der Waals surface area contributed by atoms with E-state index in [0.717, 1.165) is 0 Å². The van der Waals surface area contributed by atoms with E-state index < -0.39 is 5.78 Å². The van der Waals surface area contributed by atoms with Crippen molar-refractivity contribution in [3.8, 4) is 11.5 Å². The van der Waals surface area contributed by atoms with Crippen molar-refractivity contribution in [1.82, 2.24) is 0 Å². The summed E-state index contributed by atoms with van der Waals surface area (Å²) in [6.07, 6.45) is 0. The topological polar surface area (TPSA) is 88.8 Å². The van der Waals surface area contributed by atoms with Crippen LogP contribution in [0.1, 0.15) is 30.0 Å². The van der Waals surface area contributed by atoms with Crippen LogP contribution in [-0.4, -0.2) is 23.4 Å². The molecule has 0 saturated heterocycles. The predicted octanol–water partition coefficient (Wildman–Crippen LogP) is 3.73. The number of hydrogen-bond donors (Lipinski definition) is 2. The van der Waals surface area contributed by atoms with Gasteiger partial charge in [-0.3, -0.25) is 9.59 Å². The number of furan rings is 1. The molecule has 0 fully saturated rings. The van der Waals surface area contributed by atoms with Gasteiger partial charge >= 0.3 is 0 Å². The molecule has 6 nitrogen and oxygen atoms in total. The van der Waals surface area contributed by atoms with Crippen LogP contribution in [0, 0.1) is 0 Å². The second kappa shape index (κ2) is 6.68. The number of carbonyl (C=O) groups excluding carboxylic acids is 2. The molecule has 1 heterocycles. The number of nitrogens with one attached hydrogen (secondary N) is 1. The van der Waals surface area contributed by atoms with E-state index >= 15 is 0 Å². The Morgan fingerprint density at radius 2 is 1.88 bits per heavy atom. The van der Waals surface area contributed by atoms with Gasteiger partial charge in [0.2, 0.25) is 17.5 Å². The lowest BCUT2D eigenvalue weighted by Gasteiger charge is -2.03. The molecule has 0 bridgehead atoms. The Labute approximate surface area is 144 Å². The van der Waals surface area contributed by atoms with Crippen molar-refractivity contribution < 1.29 is 23.8 Å². The zero-order chi connectivity index (χ0) is 18.0. The van der Waals surface area contributed by atoms with Gasteiger partial charge in [-0.15, -0.1) is 0 Å². The zero-order valence-corrected chi connectivity index (χ0v) is 13.8. The van der Waals surface area contributed by atoms with Gasteiger partial charge in [-0.1, -0.05) is 0 Å². The van der Waals surface area contributed by atoms with Crippen LogP contribution in [0.3, 0.4) is 0 Å². The van der Waals surface area contributed by atoms with Gasteiger partial charge in [-0.2, -0.15) is 0 Å². The summed E-state index contributed by atoms with van der Waals surface area (Å²) in [6.45, 7) is 3.80. The maximum Gasteiger partial charge on any atom is 0.232 e. The van der Waals surface area contributed by atoms with Gasteiger partial charge in [0.25, 0.3) is 0 Å².